The smallest absolute Gasteiger partial charge is 0.274 e. The number of nitrogens with two attached hydrogens (primary N) is 1. The summed E-state index contributed by atoms with van der Waals surface area (Å²) in [5.41, 5.74) is 5.33. The Labute approximate surface area is 113 Å². The van der Waals surface area contributed by atoms with Crippen LogP contribution < -0.4 is 11.1 Å². The molecule has 0 aliphatic rings. The van der Waals surface area contributed by atoms with Crippen LogP contribution in [0, 0.1) is 0 Å². The first-order valence-electron chi connectivity index (χ1n) is 6.36. The van der Waals surface area contributed by atoms with Gasteiger partial charge in [-0.15, -0.1) is 0 Å². The second kappa shape index (κ2) is 4.85. The van der Waals surface area contributed by atoms with Gasteiger partial charge < -0.3 is 16.2 Å². The van der Waals surface area contributed by atoms with Crippen LogP contribution in [0.5, 0.6) is 0 Å². The summed E-state index contributed by atoms with van der Waals surface area (Å²) >= 11 is 0. The molecule has 108 valence electrons. The minimum atomic E-state index is -1.06. The third-order valence-electron chi connectivity index (χ3n) is 3.58. The lowest BCUT2D eigenvalue weighted by atomic mass is 9.86. The number of nitrogens with zero attached hydrogens (tertiary/aromatic N) is 1. The Morgan fingerprint density at radius 2 is 1.89 bits per heavy atom. The number of aromatic amines is 1. The number of hydrogen-bond donors (Lipinski definition) is 4. The molecule has 1 rings (SSSR count). The van der Waals surface area contributed by atoms with Gasteiger partial charge in [0.2, 0.25) is 0 Å². The van der Waals surface area contributed by atoms with E-state index in [0.29, 0.717) is 5.69 Å². The number of anilines is 1. The van der Waals surface area contributed by atoms with Crippen LogP contribution in [-0.2, 0) is 0 Å². The summed E-state index contributed by atoms with van der Waals surface area (Å²) in [6, 6.07) is 0. The quantitative estimate of drug-likeness (QED) is 0.662. The van der Waals surface area contributed by atoms with Crippen LogP contribution in [0.3, 0.4) is 0 Å². The zero-order valence-corrected chi connectivity index (χ0v) is 12.5. The summed E-state index contributed by atoms with van der Waals surface area (Å²) in [6.45, 7) is 10.7. The summed E-state index contributed by atoms with van der Waals surface area (Å²) in [7, 11) is 0. The van der Waals surface area contributed by atoms with E-state index in [1.54, 1.807) is 27.7 Å². The fourth-order valence-corrected chi connectivity index (χ4v) is 1.47. The van der Waals surface area contributed by atoms with Crippen LogP contribution in [0.15, 0.2) is 0 Å². The largest absolute Gasteiger partial charge is 0.395 e. The lowest BCUT2D eigenvalue weighted by Gasteiger charge is -2.37. The molecule has 0 aliphatic carbocycles. The van der Waals surface area contributed by atoms with Gasteiger partial charge in [0, 0.05) is 0 Å². The van der Waals surface area contributed by atoms with E-state index in [4.69, 9.17) is 5.73 Å². The van der Waals surface area contributed by atoms with Crippen molar-refractivity contribution >= 4 is 11.6 Å². The zero-order valence-electron chi connectivity index (χ0n) is 12.5. The summed E-state index contributed by atoms with van der Waals surface area (Å²) in [4.78, 5) is 12.2. The fourth-order valence-electron chi connectivity index (χ4n) is 1.47. The van der Waals surface area contributed by atoms with Gasteiger partial charge in [-0.2, -0.15) is 5.10 Å². The highest BCUT2D eigenvalue weighted by Gasteiger charge is 2.37. The summed E-state index contributed by atoms with van der Waals surface area (Å²) in [5, 5.41) is 19.5. The number of nitrogen functional groups attached to an aromatic ring is 1. The van der Waals surface area contributed by atoms with Gasteiger partial charge in [0.1, 0.15) is 0 Å². The molecule has 0 saturated carbocycles. The van der Waals surface area contributed by atoms with Gasteiger partial charge in [-0.25, -0.2) is 0 Å². The minimum absolute atomic E-state index is 0.163. The van der Waals surface area contributed by atoms with Crippen LogP contribution in [0.1, 0.15) is 63.6 Å². The molecule has 19 heavy (non-hydrogen) atoms. The van der Waals surface area contributed by atoms with Crippen molar-refractivity contribution in [1.82, 2.24) is 15.5 Å². The lowest BCUT2D eigenvalue weighted by molar-refractivity contribution is -0.00300. The number of aromatic nitrogens is 2. The Kier molecular flexibility index (Phi) is 3.95. The first-order valence-corrected chi connectivity index (χ1v) is 6.36. The molecule has 1 heterocycles. The van der Waals surface area contributed by atoms with Crippen molar-refractivity contribution in [3.8, 4) is 0 Å². The van der Waals surface area contributed by atoms with E-state index in [0.717, 1.165) is 5.69 Å². The SMILES string of the molecule is CC(C)c1[nH]nc(C(=O)NC(C)(C)C(C)(C)O)c1N. The predicted octanol–water partition coefficient (Wildman–Crippen LogP) is 1.39. The van der Waals surface area contributed by atoms with Crippen LogP contribution in [0.2, 0.25) is 0 Å². The van der Waals surface area contributed by atoms with Crippen LogP contribution in [-0.4, -0.2) is 32.4 Å². The highest BCUT2D eigenvalue weighted by Crippen LogP contribution is 2.24. The molecule has 6 heteroatoms. The van der Waals surface area contributed by atoms with E-state index in [1.807, 2.05) is 13.8 Å². The van der Waals surface area contributed by atoms with Crippen molar-refractivity contribution in [1.29, 1.82) is 0 Å². The van der Waals surface area contributed by atoms with Gasteiger partial charge in [-0.1, -0.05) is 13.8 Å². The summed E-state index contributed by atoms with van der Waals surface area (Å²) < 4.78 is 0. The summed E-state index contributed by atoms with van der Waals surface area (Å²) in [5.74, 6) is -0.232. The van der Waals surface area contributed by atoms with E-state index in [1.165, 1.54) is 0 Å². The highest BCUT2D eigenvalue weighted by molar-refractivity contribution is 5.98. The molecule has 0 saturated heterocycles. The van der Waals surface area contributed by atoms with Crippen molar-refractivity contribution in [2.75, 3.05) is 5.73 Å². The third-order valence-corrected chi connectivity index (χ3v) is 3.58. The Hall–Kier alpha value is -1.56. The normalized spacial score (nSPS) is 12.8. The van der Waals surface area contributed by atoms with Gasteiger partial charge in [0.15, 0.2) is 5.69 Å². The molecular weight excluding hydrogens is 244 g/mol. The molecule has 5 N–H and O–H groups in total. The van der Waals surface area contributed by atoms with Crippen molar-refractivity contribution in [2.24, 2.45) is 0 Å². The average molecular weight is 268 g/mol. The number of rotatable bonds is 4. The molecule has 6 nitrogen and oxygen atoms in total. The molecule has 0 bridgehead atoms. The number of carbonyl (C=O) groups is 1. The third kappa shape index (κ3) is 3.07. The van der Waals surface area contributed by atoms with Crippen LogP contribution in [0.25, 0.3) is 0 Å². The molecule has 0 unspecified atom stereocenters. The van der Waals surface area contributed by atoms with Gasteiger partial charge >= 0.3 is 0 Å². The Morgan fingerprint density at radius 3 is 2.26 bits per heavy atom. The molecule has 0 spiro atoms. The topological polar surface area (TPSA) is 104 Å². The lowest BCUT2D eigenvalue weighted by Crippen LogP contribution is -2.57. The van der Waals surface area contributed by atoms with Crippen LogP contribution in [0.4, 0.5) is 5.69 Å². The van der Waals surface area contributed by atoms with E-state index < -0.39 is 17.0 Å². The maximum absolute atomic E-state index is 12.2. The number of nitrogens with one attached hydrogen (secondary N) is 2. The summed E-state index contributed by atoms with van der Waals surface area (Å²) in [6.07, 6.45) is 0. The van der Waals surface area contributed by atoms with Crippen molar-refractivity contribution in [3.05, 3.63) is 11.4 Å². The van der Waals surface area contributed by atoms with Gasteiger partial charge in [-0.3, -0.25) is 9.89 Å². The molecule has 0 radical (unpaired) electrons. The second-order valence-corrected chi connectivity index (χ2v) is 6.19. The molecule has 1 aromatic rings. The standard InChI is InChI=1S/C13H24N4O2/c1-7(2)9-8(14)10(17-16-9)11(18)15-12(3,4)13(5,6)19/h7,19H,14H2,1-6H3,(H,15,18)(H,16,17). The first kappa shape index (κ1) is 15.5. The molecular formula is C13H24N4O2. The molecule has 0 aliphatic heterocycles. The molecule has 0 aromatic carbocycles. The van der Waals surface area contributed by atoms with Gasteiger partial charge in [0.05, 0.1) is 22.5 Å². The van der Waals surface area contributed by atoms with E-state index in [-0.39, 0.29) is 11.6 Å². The monoisotopic (exact) mass is 268 g/mol. The number of H-pyrrole nitrogens is 1. The van der Waals surface area contributed by atoms with Crippen molar-refractivity contribution < 1.29 is 9.90 Å². The van der Waals surface area contributed by atoms with Gasteiger partial charge in [0.25, 0.3) is 5.91 Å². The van der Waals surface area contributed by atoms with E-state index in [9.17, 15) is 9.90 Å². The maximum Gasteiger partial charge on any atom is 0.274 e. The Bertz CT molecular complexity index is 469. The number of amides is 1. The molecule has 0 atom stereocenters. The first-order chi connectivity index (χ1) is 8.47. The Morgan fingerprint density at radius 1 is 1.37 bits per heavy atom. The Balaban J connectivity index is 2.97. The number of carbonyl (C=O) groups excluding carboxylic acids is 1. The number of aliphatic hydroxyl groups is 1. The van der Waals surface area contributed by atoms with Gasteiger partial charge in [-0.05, 0) is 33.6 Å². The molecule has 1 aromatic heterocycles. The molecule has 0 fully saturated rings. The minimum Gasteiger partial charge on any atom is -0.395 e. The fraction of sp³-hybridized carbons (Fsp3) is 0.692. The van der Waals surface area contributed by atoms with Crippen LogP contribution >= 0.6 is 0 Å². The van der Waals surface area contributed by atoms with Crippen molar-refractivity contribution in [2.45, 2.75) is 58.6 Å². The van der Waals surface area contributed by atoms with Crippen molar-refractivity contribution in [3.63, 3.8) is 0 Å². The van der Waals surface area contributed by atoms with E-state index in [2.05, 4.69) is 15.5 Å². The maximum atomic E-state index is 12.2. The average Bonchev–Trinajstić information content (AvgIpc) is 2.57. The number of hydrogen-bond acceptors (Lipinski definition) is 4. The highest BCUT2D eigenvalue weighted by atomic mass is 16.3. The second-order valence-electron chi connectivity index (χ2n) is 6.19. The predicted molar refractivity (Wildman–Crippen MR) is 74.9 cm³/mol. The zero-order chi connectivity index (χ0) is 15.0. The molecule has 1 amide bonds. The van der Waals surface area contributed by atoms with E-state index >= 15 is 0 Å².